The van der Waals surface area contributed by atoms with Crippen molar-refractivity contribution >= 4 is 5.97 Å². The molecule has 0 aromatic rings. The Kier molecular flexibility index (Phi) is 4.95. The van der Waals surface area contributed by atoms with Gasteiger partial charge in [0.2, 0.25) is 0 Å². The van der Waals surface area contributed by atoms with Crippen molar-refractivity contribution in [1.82, 2.24) is 0 Å². The lowest BCUT2D eigenvalue weighted by atomic mass is 9.98. The lowest BCUT2D eigenvalue weighted by molar-refractivity contribution is -0.154. The van der Waals surface area contributed by atoms with E-state index < -0.39 is 0 Å². The van der Waals surface area contributed by atoms with E-state index in [9.17, 15) is 4.79 Å². The SMILES string of the molecule is CC[C@H](C)OC(=O)[C@@H](C)C(C)C. The van der Waals surface area contributed by atoms with Gasteiger partial charge < -0.3 is 4.74 Å². The van der Waals surface area contributed by atoms with Crippen molar-refractivity contribution in [2.75, 3.05) is 0 Å². The van der Waals surface area contributed by atoms with Gasteiger partial charge in [-0.15, -0.1) is 0 Å². The minimum Gasteiger partial charge on any atom is -0.462 e. The Morgan fingerprint density at radius 3 is 2.08 bits per heavy atom. The molecule has 2 heteroatoms. The van der Waals surface area contributed by atoms with Gasteiger partial charge in [0.15, 0.2) is 0 Å². The highest BCUT2D eigenvalue weighted by atomic mass is 16.5. The van der Waals surface area contributed by atoms with E-state index in [-0.39, 0.29) is 18.0 Å². The van der Waals surface area contributed by atoms with Crippen molar-refractivity contribution in [2.24, 2.45) is 11.8 Å². The van der Waals surface area contributed by atoms with Crippen LogP contribution in [-0.4, -0.2) is 12.1 Å². The van der Waals surface area contributed by atoms with Crippen LogP contribution in [0, 0.1) is 11.8 Å². The molecule has 0 unspecified atom stereocenters. The van der Waals surface area contributed by atoms with E-state index in [4.69, 9.17) is 4.74 Å². The molecule has 0 amide bonds. The van der Waals surface area contributed by atoms with Crippen molar-refractivity contribution in [2.45, 2.75) is 47.1 Å². The first-order chi connectivity index (χ1) is 5.49. The third-order valence-corrected chi connectivity index (χ3v) is 2.26. The molecule has 0 rings (SSSR count). The summed E-state index contributed by atoms with van der Waals surface area (Å²) in [6.45, 7) is 9.91. The van der Waals surface area contributed by atoms with Crippen LogP contribution in [0.25, 0.3) is 0 Å². The van der Waals surface area contributed by atoms with Gasteiger partial charge in [-0.2, -0.15) is 0 Å². The molecule has 0 spiro atoms. The molecule has 0 aliphatic rings. The fourth-order valence-electron chi connectivity index (χ4n) is 0.661. The van der Waals surface area contributed by atoms with Crippen molar-refractivity contribution in [3.8, 4) is 0 Å². The van der Waals surface area contributed by atoms with Gasteiger partial charge in [-0.3, -0.25) is 4.79 Å². The van der Waals surface area contributed by atoms with E-state index in [1.54, 1.807) is 0 Å². The average molecular weight is 172 g/mol. The molecule has 0 bridgehead atoms. The predicted octanol–water partition coefficient (Wildman–Crippen LogP) is 2.62. The van der Waals surface area contributed by atoms with Crippen LogP contribution >= 0.6 is 0 Å². The molecule has 0 fully saturated rings. The van der Waals surface area contributed by atoms with E-state index >= 15 is 0 Å². The summed E-state index contributed by atoms with van der Waals surface area (Å²) in [6.07, 6.45) is 0.940. The monoisotopic (exact) mass is 172 g/mol. The Labute approximate surface area is 75.3 Å². The molecule has 0 heterocycles. The fourth-order valence-corrected chi connectivity index (χ4v) is 0.661. The van der Waals surface area contributed by atoms with E-state index in [1.165, 1.54) is 0 Å². The molecule has 0 saturated carbocycles. The smallest absolute Gasteiger partial charge is 0.309 e. The van der Waals surface area contributed by atoms with Crippen LogP contribution in [0.4, 0.5) is 0 Å². The van der Waals surface area contributed by atoms with Gasteiger partial charge in [0.05, 0.1) is 12.0 Å². The molecular formula is C10H20O2. The zero-order valence-corrected chi connectivity index (χ0v) is 8.76. The highest BCUT2D eigenvalue weighted by Crippen LogP contribution is 2.13. The summed E-state index contributed by atoms with van der Waals surface area (Å²) >= 11 is 0. The summed E-state index contributed by atoms with van der Waals surface area (Å²) in [6, 6.07) is 0. The van der Waals surface area contributed by atoms with Crippen LogP contribution in [0.3, 0.4) is 0 Å². The number of hydrogen-bond donors (Lipinski definition) is 0. The largest absolute Gasteiger partial charge is 0.462 e. The molecule has 0 aromatic carbocycles. The Bertz CT molecular complexity index is 141. The second-order valence-corrected chi connectivity index (χ2v) is 3.69. The molecule has 0 aliphatic heterocycles. The molecule has 12 heavy (non-hydrogen) atoms. The van der Waals surface area contributed by atoms with Crippen LogP contribution in [0.1, 0.15) is 41.0 Å². The second kappa shape index (κ2) is 5.18. The summed E-state index contributed by atoms with van der Waals surface area (Å²) < 4.78 is 5.18. The van der Waals surface area contributed by atoms with Crippen molar-refractivity contribution in [3.63, 3.8) is 0 Å². The summed E-state index contributed by atoms with van der Waals surface area (Å²) in [7, 11) is 0. The number of hydrogen-bond acceptors (Lipinski definition) is 2. The predicted molar refractivity (Wildman–Crippen MR) is 49.8 cm³/mol. The van der Waals surface area contributed by atoms with Gasteiger partial charge in [0.25, 0.3) is 0 Å². The van der Waals surface area contributed by atoms with E-state index in [2.05, 4.69) is 0 Å². The summed E-state index contributed by atoms with van der Waals surface area (Å²) in [5.74, 6) is 0.305. The first kappa shape index (κ1) is 11.5. The van der Waals surface area contributed by atoms with Gasteiger partial charge in [0.1, 0.15) is 0 Å². The zero-order valence-electron chi connectivity index (χ0n) is 8.76. The lowest BCUT2D eigenvalue weighted by Crippen LogP contribution is -2.23. The molecular weight excluding hydrogens is 152 g/mol. The highest BCUT2D eigenvalue weighted by Gasteiger charge is 2.19. The molecule has 2 nitrogen and oxygen atoms in total. The number of carbonyl (C=O) groups excluding carboxylic acids is 1. The van der Waals surface area contributed by atoms with Crippen LogP contribution in [0.15, 0.2) is 0 Å². The summed E-state index contributed by atoms with van der Waals surface area (Å²) in [5, 5.41) is 0. The maximum Gasteiger partial charge on any atom is 0.309 e. The van der Waals surface area contributed by atoms with Crippen molar-refractivity contribution in [1.29, 1.82) is 0 Å². The van der Waals surface area contributed by atoms with E-state index in [0.29, 0.717) is 5.92 Å². The Hall–Kier alpha value is -0.530. The van der Waals surface area contributed by atoms with Crippen LogP contribution in [-0.2, 0) is 9.53 Å². The van der Waals surface area contributed by atoms with Crippen LogP contribution in [0.2, 0.25) is 0 Å². The first-order valence-electron chi connectivity index (χ1n) is 4.69. The van der Waals surface area contributed by atoms with Crippen LogP contribution < -0.4 is 0 Å². The van der Waals surface area contributed by atoms with Gasteiger partial charge in [0, 0.05) is 0 Å². The van der Waals surface area contributed by atoms with Gasteiger partial charge >= 0.3 is 5.97 Å². The molecule has 0 saturated heterocycles. The summed E-state index contributed by atoms with van der Waals surface area (Å²) in [5.41, 5.74) is 0. The number of esters is 1. The Morgan fingerprint density at radius 2 is 1.75 bits per heavy atom. The molecule has 72 valence electrons. The normalized spacial score (nSPS) is 15.8. The van der Waals surface area contributed by atoms with Crippen LogP contribution in [0.5, 0.6) is 0 Å². The van der Waals surface area contributed by atoms with Gasteiger partial charge in [-0.25, -0.2) is 0 Å². The molecule has 0 aromatic heterocycles. The van der Waals surface area contributed by atoms with E-state index in [1.807, 2.05) is 34.6 Å². The lowest BCUT2D eigenvalue weighted by Gasteiger charge is -2.17. The Balaban J connectivity index is 3.87. The van der Waals surface area contributed by atoms with Gasteiger partial charge in [-0.1, -0.05) is 27.7 Å². The molecule has 0 N–H and O–H groups in total. The minimum absolute atomic E-state index is 0.0130. The fraction of sp³-hybridized carbons (Fsp3) is 0.900. The van der Waals surface area contributed by atoms with Gasteiger partial charge in [-0.05, 0) is 19.3 Å². The third-order valence-electron chi connectivity index (χ3n) is 2.26. The Morgan fingerprint density at radius 1 is 1.25 bits per heavy atom. The number of rotatable bonds is 4. The average Bonchev–Trinajstić information content (AvgIpc) is 2.02. The first-order valence-corrected chi connectivity index (χ1v) is 4.69. The van der Waals surface area contributed by atoms with E-state index in [0.717, 1.165) is 6.42 Å². The maximum absolute atomic E-state index is 11.3. The summed E-state index contributed by atoms with van der Waals surface area (Å²) in [4.78, 5) is 11.3. The number of ether oxygens (including phenoxy) is 1. The van der Waals surface area contributed by atoms with Crippen molar-refractivity contribution < 1.29 is 9.53 Å². The maximum atomic E-state index is 11.3. The topological polar surface area (TPSA) is 26.3 Å². The quantitative estimate of drug-likeness (QED) is 0.609. The van der Waals surface area contributed by atoms with Crippen molar-refractivity contribution in [3.05, 3.63) is 0 Å². The number of carbonyl (C=O) groups is 1. The zero-order chi connectivity index (χ0) is 9.72. The second-order valence-electron chi connectivity index (χ2n) is 3.69. The molecule has 2 atom stereocenters. The highest BCUT2D eigenvalue weighted by molar-refractivity contribution is 5.72. The molecule has 0 aliphatic carbocycles. The third kappa shape index (κ3) is 3.74. The minimum atomic E-state index is -0.0700. The molecule has 0 radical (unpaired) electrons. The standard InChI is InChI=1S/C10H20O2/c1-6-8(4)12-10(11)9(5)7(2)3/h7-9H,6H2,1-5H3/t8-,9-/m0/s1.